The van der Waals surface area contributed by atoms with Crippen LogP contribution in [0, 0.1) is 11.8 Å². The van der Waals surface area contributed by atoms with E-state index in [4.69, 9.17) is 4.74 Å². The molecule has 0 bridgehead atoms. The van der Waals surface area contributed by atoms with Crippen molar-refractivity contribution in [2.45, 2.75) is 31.6 Å². The van der Waals surface area contributed by atoms with Crippen LogP contribution < -0.4 is 5.32 Å². The van der Waals surface area contributed by atoms with Gasteiger partial charge < -0.3 is 10.1 Å². The SMILES string of the molecule is O=C(NCCCOCC1CC1)C1CC1c1ccc(Br)cc1. The molecule has 2 aliphatic rings. The van der Waals surface area contributed by atoms with Gasteiger partial charge in [0, 0.05) is 30.1 Å². The highest BCUT2D eigenvalue weighted by atomic mass is 79.9. The summed E-state index contributed by atoms with van der Waals surface area (Å²) in [6.07, 6.45) is 4.55. The highest BCUT2D eigenvalue weighted by Gasteiger charge is 2.43. The maximum atomic E-state index is 12.0. The van der Waals surface area contributed by atoms with Crippen molar-refractivity contribution in [1.82, 2.24) is 5.32 Å². The molecule has 2 atom stereocenters. The average Bonchev–Trinajstić information content (AvgIpc) is 3.37. The Labute approximate surface area is 134 Å². The third-order valence-corrected chi connectivity index (χ3v) is 4.77. The van der Waals surface area contributed by atoms with Crippen LogP contribution in [0.3, 0.4) is 0 Å². The predicted octanol–water partition coefficient (Wildman–Crippen LogP) is 3.49. The number of amides is 1. The number of hydrogen-bond donors (Lipinski definition) is 1. The van der Waals surface area contributed by atoms with Crippen molar-refractivity contribution in [2.24, 2.45) is 11.8 Å². The van der Waals surface area contributed by atoms with Crippen molar-refractivity contribution < 1.29 is 9.53 Å². The van der Waals surface area contributed by atoms with E-state index in [1.807, 2.05) is 12.1 Å². The van der Waals surface area contributed by atoms with E-state index in [-0.39, 0.29) is 11.8 Å². The Kier molecular flexibility index (Phi) is 4.96. The number of nitrogens with one attached hydrogen (secondary N) is 1. The Morgan fingerprint density at radius 3 is 2.76 bits per heavy atom. The first-order valence-corrected chi connectivity index (χ1v) is 8.64. The molecular weight excluding hydrogens is 330 g/mol. The van der Waals surface area contributed by atoms with E-state index in [1.54, 1.807) is 0 Å². The van der Waals surface area contributed by atoms with Crippen LogP contribution in [0.2, 0.25) is 0 Å². The maximum absolute atomic E-state index is 12.0. The maximum Gasteiger partial charge on any atom is 0.223 e. The summed E-state index contributed by atoms with van der Waals surface area (Å²) in [4.78, 5) is 12.0. The summed E-state index contributed by atoms with van der Waals surface area (Å²) < 4.78 is 6.64. The molecule has 1 N–H and O–H groups in total. The van der Waals surface area contributed by atoms with Crippen molar-refractivity contribution in [3.05, 3.63) is 34.3 Å². The molecule has 3 rings (SSSR count). The minimum Gasteiger partial charge on any atom is -0.381 e. The Morgan fingerprint density at radius 1 is 1.29 bits per heavy atom. The monoisotopic (exact) mass is 351 g/mol. The van der Waals surface area contributed by atoms with Crippen LogP contribution in [0.25, 0.3) is 0 Å². The molecule has 2 saturated carbocycles. The molecule has 1 aromatic carbocycles. The third kappa shape index (κ3) is 4.55. The van der Waals surface area contributed by atoms with Crippen molar-refractivity contribution >= 4 is 21.8 Å². The topological polar surface area (TPSA) is 38.3 Å². The van der Waals surface area contributed by atoms with E-state index < -0.39 is 0 Å². The normalized spacial score (nSPS) is 23.9. The smallest absolute Gasteiger partial charge is 0.223 e. The molecular formula is C17H22BrNO2. The number of carbonyl (C=O) groups excluding carboxylic acids is 1. The summed E-state index contributed by atoms with van der Waals surface area (Å²) in [6, 6.07) is 8.29. The zero-order valence-corrected chi connectivity index (χ0v) is 13.8. The molecule has 3 nitrogen and oxygen atoms in total. The lowest BCUT2D eigenvalue weighted by Crippen LogP contribution is -2.27. The molecule has 0 spiro atoms. The van der Waals surface area contributed by atoms with Crippen LogP contribution in [0.1, 0.15) is 37.2 Å². The van der Waals surface area contributed by atoms with Gasteiger partial charge in [0.2, 0.25) is 5.91 Å². The number of carbonyl (C=O) groups is 1. The quantitative estimate of drug-likeness (QED) is 0.728. The summed E-state index contributed by atoms with van der Waals surface area (Å²) >= 11 is 3.44. The van der Waals surface area contributed by atoms with Gasteiger partial charge in [-0.15, -0.1) is 0 Å². The highest BCUT2D eigenvalue weighted by molar-refractivity contribution is 9.10. The fourth-order valence-corrected chi connectivity index (χ4v) is 2.88. The summed E-state index contributed by atoms with van der Waals surface area (Å²) in [5, 5.41) is 3.03. The predicted molar refractivity (Wildman–Crippen MR) is 86.2 cm³/mol. The molecule has 0 radical (unpaired) electrons. The summed E-state index contributed by atoms with van der Waals surface area (Å²) in [7, 11) is 0. The molecule has 2 unspecified atom stereocenters. The van der Waals surface area contributed by atoms with Crippen LogP contribution in [0.15, 0.2) is 28.7 Å². The molecule has 21 heavy (non-hydrogen) atoms. The van der Waals surface area contributed by atoms with Gasteiger partial charge in [0.1, 0.15) is 0 Å². The van der Waals surface area contributed by atoms with E-state index >= 15 is 0 Å². The average molecular weight is 352 g/mol. The number of ether oxygens (including phenoxy) is 1. The lowest BCUT2D eigenvalue weighted by Gasteiger charge is -2.06. The van der Waals surface area contributed by atoms with Crippen molar-refractivity contribution in [1.29, 1.82) is 0 Å². The molecule has 0 heterocycles. The lowest BCUT2D eigenvalue weighted by molar-refractivity contribution is -0.122. The zero-order chi connectivity index (χ0) is 14.7. The number of hydrogen-bond acceptors (Lipinski definition) is 2. The molecule has 1 amide bonds. The van der Waals surface area contributed by atoms with Gasteiger partial charge in [-0.1, -0.05) is 28.1 Å². The standard InChI is InChI=1S/C17H22BrNO2/c18-14-6-4-13(5-7-14)15-10-16(15)17(20)19-8-1-9-21-11-12-2-3-12/h4-7,12,15-16H,1-3,8-11H2,(H,19,20). The van der Waals surface area contributed by atoms with Gasteiger partial charge in [-0.25, -0.2) is 0 Å². The van der Waals surface area contributed by atoms with Crippen LogP contribution >= 0.6 is 15.9 Å². The van der Waals surface area contributed by atoms with Crippen LogP contribution in [-0.2, 0) is 9.53 Å². The Hall–Kier alpha value is -0.870. The zero-order valence-electron chi connectivity index (χ0n) is 12.2. The van der Waals surface area contributed by atoms with E-state index in [1.165, 1.54) is 18.4 Å². The Balaban J connectivity index is 1.30. The highest BCUT2D eigenvalue weighted by Crippen LogP contribution is 2.47. The van der Waals surface area contributed by atoms with E-state index in [9.17, 15) is 4.79 Å². The minimum absolute atomic E-state index is 0.165. The van der Waals surface area contributed by atoms with Gasteiger partial charge in [0.05, 0.1) is 0 Å². The summed E-state index contributed by atoms with van der Waals surface area (Å²) in [5.74, 6) is 1.59. The third-order valence-electron chi connectivity index (χ3n) is 4.24. The summed E-state index contributed by atoms with van der Waals surface area (Å²) in [5.41, 5.74) is 1.27. The molecule has 2 aliphatic carbocycles. The van der Waals surface area contributed by atoms with Gasteiger partial charge in [-0.2, -0.15) is 0 Å². The molecule has 0 aliphatic heterocycles. The second kappa shape index (κ2) is 6.93. The van der Waals surface area contributed by atoms with Crippen LogP contribution in [0.5, 0.6) is 0 Å². The lowest BCUT2D eigenvalue weighted by atomic mass is 10.1. The van der Waals surface area contributed by atoms with Gasteiger partial charge in [0.15, 0.2) is 0 Å². The second-order valence-corrected chi connectivity index (χ2v) is 7.08. The fourth-order valence-electron chi connectivity index (χ4n) is 2.61. The van der Waals surface area contributed by atoms with Gasteiger partial charge in [-0.05, 0) is 55.2 Å². The Bertz CT molecular complexity index is 484. The van der Waals surface area contributed by atoms with Crippen molar-refractivity contribution in [2.75, 3.05) is 19.8 Å². The first-order valence-electron chi connectivity index (χ1n) is 7.85. The van der Waals surface area contributed by atoms with E-state index in [2.05, 4.69) is 33.4 Å². The molecule has 114 valence electrons. The number of rotatable bonds is 8. The van der Waals surface area contributed by atoms with E-state index in [0.717, 1.165) is 43.0 Å². The van der Waals surface area contributed by atoms with E-state index in [0.29, 0.717) is 5.92 Å². The van der Waals surface area contributed by atoms with Crippen molar-refractivity contribution in [3.8, 4) is 0 Å². The van der Waals surface area contributed by atoms with Gasteiger partial charge in [-0.3, -0.25) is 4.79 Å². The summed E-state index contributed by atoms with van der Waals surface area (Å²) in [6.45, 7) is 2.40. The largest absolute Gasteiger partial charge is 0.381 e. The molecule has 0 saturated heterocycles. The van der Waals surface area contributed by atoms with Gasteiger partial charge >= 0.3 is 0 Å². The van der Waals surface area contributed by atoms with Gasteiger partial charge in [0.25, 0.3) is 0 Å². The fraction of sp³-hybridized carbons (Fsp3) is 0.588. The second-order valence-electron chi connectivity index (χ2n) is 6.16. The first-order chi connectivity index (χ1) is 10.2. The molecule has 0 aromatic heterocycles. The Morgan fingerprint density at radius 2 is 2.05 bits per heavy atom. The number of benzene rings is 1. The van der Waals surface area contributed by atoms with Crippen LogP contribution in [-0.4, -0.2) is 25.7 Å². The van der Waals surface area contributed by atoms with Crippen LogP contribution in [0.4, 0.5) is 0 Å². The van der Waals surface area contributed by atoms with Crippen molar-refractivity contribution in [3.63, 3.8) is 0 Å². The number of halogens is 1. The first kappa shape index (κ1) is 15.0. The molecule has 4 heteroatoms. The molecule has 1 aromatic rings. The minimum atomic E-state index is 0.165. The molecule has 2 fully saturated rings.